The molecule has 30 heavy (non-hydrogen) atoms. The first-order valence-electron chi connectivity index (χ1n) is 9.12. The Morgan fingerprint density at radius 3 is 2.17 bits per heavy atom. The standard InChI is InChI=1S/C22H20FN3O3S/c23-20-13-11-18(12-14-20)15-24-25-22(27)17-26(16-19-7-3-1-4-8-19)30(28,29)21-9-5-2-6-10-21/h1-15H,16-17H2,(H,25,27)/b24-15-. The van der Waals surface area contributed by atoms with Gasteiger partial charge in [-0.15, -0.1) is 0 Å². The van der Waals surface area contributed by atoms with Crippen molar-refractivity contribution in [2.24, 2.45) is 5.10 Å². The average molecular weight is 425 g/mol. The molecular formula is C22H20FN3O3S. The van der Waals surface area contributed by atoms with Crippen molar-refractivity contribution in [3.63, 3.8) is 0 Å². The molecule has 0 aliphatic heterocycles. The molecule has 6 nitrogen and oxygen atoms in total. The maximum absolute atomic E-state index is 13.1. The molecule has 0 bridgehead atoms. The summed E-state index contributed by atoms with van der Waals surface area (Å²) in [6.45, 7) is -0.375. The second-order valence-corrected chi connectivity index (χ2v) is 8.35. The molecule has 0 aliphatic rings. The molecular weight excluding hydrogens is 405 g/mol. The minimum Gasteiger partial charge on any atom is -0.272 e. The number of hydrazone groups is 1. The maximum atomic E-state index is 13.1. The maximum Gasteiger partial charge on any atom is 0.255 e. The van der Waals surface area contributed by atoms with Gasteiger partial charge in [-0.2, -0.15) is 9.41 Å². The normalized spacial score (nSPS) is 11.7. The first-order valence-corrected chi connectivity index (χ1v) is 10.6. The van der Waals surface area contributed by atoms with Gasteiger partial charge < -0.3 is 0 Å². The molecule has 0 radical (unpaired) electrons. The lowest BCUT2D eigenvalue weighted by Crippen LogP contribution is -2.39. The first kappa shape index (κ1) is 21.4. The fourth-order valence-electron chi connectivity index (χ4n) is 2.68. The molecule has 0 saturated carbocycles. The molecule has 0 heterocycles. The van der Waals surface area contributed by atoms with E-state index in [9.17, 15) is 17.6 Å². The van der Waals surface area contributed by atoms with Crippen LogP contribution in [0, 0.1) is 5.82 Å². The Balaban J connectivity index is 1.74. The SMILES string of the molecule is O=C(CN(Cc1ccccc1)S(=O)(=O)c1ccccc1)N/N=C\c1ccc(F)cc1. The van der Waals surface area contributed by atoms with Gasteiger partial charge in [0.2, 0.25) is 10.0 Å². The molecule has 0 spiro atoms. The Morgan fingerprint density at radius 2 is 1.53 bits per heavy atom. The van der Waals surface area contributed by atoms with Crippen LogP contribution < -0.4 is 5.43 Å². The summed E-state index contributed by atoms with van der Waals surface area (Å²) in [6.07, 6.45) is 1.35. The van der Waals surface area contributed by atoms with E-state index in [1.54, 1.807) is 42.5 Å². The molecule has 154 valence electrons. The van der Waals surface area contributed by atoms with E-state index >= 15 is 0 Å². The Kier molecular flexibility index (Phi) is 7.05. The van der Waals surface area contributed by atoms with E-state index in [4.69, 9.17) is 0 Å². The summed E-state index contributed by atoms with van der Waals surface area (Å²) in [5, 5.41) is 3.82. The fraction of sp³-hybridized carbons (Fsp3) is 0.0909. The summed E-state index contributed by atoms with van der Waals surface area (Å²) in [5.41, 5.74) is 3.66. The van der Waals surface area contributed by atoms with Gasteiger partial charge in [0.05, 0.1) is 17.7 Å². The van der Waals surface area contributed by atoms with E-state index in [2.05, 4.69) is 10.5 Å². The van der Waals surface area contributed by atoms with E-state index in [1.165, 1.54) is 42.6 Å². The molecule has 3 aromatic carbocycles. The monoisotopic (exact) mass is 425 g/mol. The summed E-state index contributed by atoms with van der Waals surface area (Å²) >= 11 is 0. The molecule has 3 aromatic rings. The predicted octanol–water partition coefficient (Wildman–Crippen LogP) is 3.17. The molecule has 1 N–H and O–H groups in total. The van der Waals surface area contributed by atoms with Crippen molar-refractivity contribution in [1.29, 1.82) is 0 Å². The molecule has 0 fully saturated rings. The van der Waals surface area contributed by atoms with Crippen LogP contribution >= 0.6 is 0 Å². The van der Waals surface area contributed by atoms with Crippen LogP contribution in [0.25, 0.3) is 0 Å². The van der Waals surface area contributed by atoms with Gasteiger partial charge in [-0.05, 0) is 35.4 Å². The van der Waals surface area contributed by atoms with Gasteiger partial charge in [-0.25, -0.2) is 18.2 Å². The average Bonchev–Trinajstić information content (AvgIpc) is 2.76. The minimum absolute atomic E-state index is 0.0349. The number of carbonyl (C=O) groups is 1. The zero-order valence-corrected chi connectivity index (χ0v) is 16.8. The summed E-state index contributed by atoms with van der Waals surface area (Å²) < 4.78 is 40.2. The van der Waals surface area contributed by atoms with Crippen LogP contribution in [0.3, 0.4) is 0 Å². The lowest BCUT2D eigenvalue weighted by Gasteiger charge is -2.21. The van der Waals surface area contributed by atoms with E-state index < -0.39 is 22.5 Å². The lowest BCUT2D eigenvalue weighted by atomic mass is 10.2. The second kappa shape index (κ2) is 9.91. The van der Waals surface area contributed by atoms with Crippen LogP contribution in [0.5, 0.6) is 0 Å². The predicted molar refractivity (Wildman–Crippen MR) is 113 cm³/mol. The van der Waals surface area contributed by atoms with Crippen LogP contribution in [0.15, 0.2) is 94.9 Å². The number of hydrogen-bond donors (Lipinski definition) is 1. The summed E-state index contributed by atoms with van der Waals surface area (Å²) in [6, 6.07) is 22.5. The van der Waals surface area contributed by atoms with E-state index in [0.29, 0.717) is 5.56 Å². The molecule has 0 atom stereocenters. The van der Waals surface area contributed by atoms with Gasteiger partial charge >= 0.3 is 0 Å². The molecule has 3 rings (SSSR count). The highest BCUT2D eigenvalue weighted by Gasteiger charge is 2.26. The van der Waals surface area contributed by atoms with E-state index in [1.807, 2.05) is 6.07 Å². The fourth-order valence-corrected chi connectivity index (χ4v) is 4.08. The van der Waals surface area contributed by atoms with Crippen molar-refractivity contribution in [1.82, 2.24) is 9.73 Å². The number of amides is 1. The van der Waals surface area contributed by atoms with Gasteiger partial charge in [0.15, 0.2) is 0 Å². The van der Waals surface area contributed by atoms with Crippen molar-refractivity contribution in [3.8, 4) is 0 Å². The number of halogens is 1. The summed E-state index contributed by atoms with van der Waals surface area (Å²) in [7, 11) is -3.90. The van der Waals surface area contributed by atoms with Crippen LogP contribution in [0.1, 0.15) is 11.1 Å². The summed E-state index contributed by atoms with van der Waals surface area (Å²) in [4.78, 5) is 12.5. The van der Waals surface area contributed by atoms with Crippen LogP contribution in [-0.4, -0.2) is 31.4 Å². The van der Waals surface area contributed by atoms with Gasteiger partial charge in [-0.1, -0.05) is 60.7 Å². The van der Waals surface area contributed by atoms with Crippen molar-refractivity contribution in [2.75, 3.05) is 6.54 Å². The highest BCUT2D eigenvalue weighted by molar-refractivity contribution is 7.89. The highest BCUT2D eigenvalue weighted by atomic mass is 32.2. The molecule has 0 aliphatic carbocycles. The van der Waals surface area contributed by atoms with E-state index in [0.717, 1.165) is 9.87 Å². The Labute approximate surface area is 174 Å². The second-order valence-electron chi connectivity index (χ2n) is 6.42. The van der Waals surface area contributed by atoms with Crippen molar-refractivity contribution in [3.05, 3.63) is 102 Å². The molecule has 0 unspecified atom stereocenters. The van der Waals surface area contributed by atoms with Gasteiger partial charge in [0, 0.05) is 6.54 Å². The third-order valence-corrected chi connectivity index (χ3v) is 5.98. The highest BCUT2D eigenvalue weighted by Crippen LogP contribution is 2.18. The molecule has 0 saturated heterocycles. The van der Waals surface area contributed by atoms with Crippen LogP contribution in [0.2, 0.25) is 0 Å². The molecule has 1 amide bonds. The minimum atomic E-state index is -3.90. The smallest absolute Gasteiger partial charge is 0.255 e. The Bertz CT molecular complexity index is 1100. The van der Waals surface area contributed by atoms with Gasteiger partial charge in [0.1, 0.15) is 5.82 Å². The summed E-state index contributed by atoms with van der Waals surface area (Å²) in [5.74, 6) is -0.970. The molecule has 0 aromatic heterocycles. The van der Waals surface area contributed by atoms with Crippen LogP contribution in [0.4, 0.5) is 4.39 Å². The first-order chi connectivity index (χ1) is 14.4. The zero-order chi connectivity index (χ0) is 21.4. The Hall–Kier alpha value is -3.36. The number of benzene rings is 3. The van der Waals surface area contributed by atoms with Crippen molar-refractivity contribution >= 4 is 22.1 Å². The van der Waals surface area contributed by atoms with E-state index in [-0.39, 0.29) is 17.3 Å². The van der Waals surface area contributed by atoms with Gasteiger partial charge in [-0.3, -0.25) is 4.79 Å². The van der Waals surface area contributed by atoms with Crippen LogP contribution in [-0.2, 0) is 21.4 Å². The largest absolute Gasteiger partial charge is 0.272 e. The zero-order valence-electron chi connectivity index (χ0n) is 16.0. The lowest BCUT2D eigenvalue weighted by molar-refractivity contribution is -0.121. The molecule has 8 heteroatoms. The third-order valence-electron chi connectivity index (χ3n) is 4.18. The van der Waals surface area contributed by atoms with Crippen molar-refractivity contribution in [2.45, 2.75) is 11.4 Å². The van der Waals surface area contributed by atoms with Crippen molar-refractivity contribution < 1.29 is 17.6 Å². The Morgan fingerprint density at radius 1 is 0.933 bits per heavy atom. The quantitative estimate of drug-likeness (QED) is 0.445. The number of nitrogens with one attached hydrogen (secondary N) is 1. The number of nitrogens with zero attached hydrogens (tertiary/aromatic N) is 2. The number of carbonyl (C=O) groups excluding carboxylic acids is 1. The topological polar surface area (TPSA) is 78.8 Å². The van der Waals surface area contributed by atoms with Gasteiger partial charge in [0.25, 0.3) is 5.91 Å². The number of sulfonamides is 1. The number of rotatable bonds is 8. The number of hydrogen-bond acceptors (Lipinski definition) is 4. The third kappa shape index (κ3) is 5.82.